The molecule has 1 N–H and O–H groups in total. The smallest absolute Gasteiger partial charge is 0.246 e. The van der Waals surface area contributed by atoms with Crippen molar-refractivity contribution in [3.63, 3.8) is 0 Å². The fourth-order valence-corrected chi connectivity index (χ4v) is 2.70. The second-order valence-corrected chi connectivity index (χ2v) is 5.76. The molecule has 0 spiro atoms. The number of carbonyl (C=O) groups is 1. The van der Waals surface area contributed by atoms with Crippen LogP contribution in [0.5, 0.6) is 0 Å². The minimum absolute atomic E-state index is 0.0675. The Bertz CT molecular complexity index is 539. The standard InChI is InChI=1S/C17H22FNO2/c1-12(14-5-3-7-16(18)10-14)9-17(21)19-8-4-6-15(11-19)13(2)20/h3,5,7,9-10,13,15,20H,4,6,8,11H2,1-2H3. The van der Waals surface area contributed by atoms with Crippen molar-refractivity contribution in [1.29, 1.82) is 0 Å². The topological polar surface area (TPSA) is 40.5 Å². The van der Waals surface area contributed by atoms with Gasteiger partial charge in [0.05, 0.1) is 6.10 Å². The number of benzene rings is 1. The first-order valence-electron chi connectivity index (χ1n) is 7.38. The molecule has 2 unspecified atom stereocenters. The van der Waals surface area contributed by atoms with Crippen LogP contribution >= 0.6 is 0 Å². The van der Waals surface area contributed by atoms with Crippen LogP contribution in [-0.2, 0) is 4.79 Å². The molecular weight excluding hydrogens is 269 g/mol. The molecule has 0 radical (unpaired) electrons. The van der Waals surface area contributed by atoms with E-state index in [2.05, 4.69) is 0 Å². The van der Waals surface area contributed by atoms with Crippen molar-refractivity contribution in [2.24, 2.45) is 5.92 Å². The molecule has 3 nitrogen and oxygen atoms in total. The normalized spacial score (nSPS) is 21.2. The maximum atomic E-state index is 13.2. The van der Waals surface area contributed by atoms with Crippen molar-refractivity contribution in [1.82, 2.24) is 4.90 Å². The van der Waals surface area contributed by atoms with Gasteiger partial charge in [0, 0.05) is 25.1 Å². The van der Waals surface area contributed by atoms with Crippen LogP contribution in [0.3, 0.4) is 0 Å². The number of aliphatic hydroxyl groups is 1. The predicted molar refractivity (Wildman–Crippen MR) is 81.0 cm³/mol. The number of hydrogen-bond donors (Lipinski definition) is 1. The summed E-state index contributed by atoms with van der Waals surface area (Å²) in [6, 6.07) is 6.23. The van der Waals surface area contributed by atoms with Crippen molar-refractivity contribution in [2.45, 2.75) is 32.8 Å². The van der Waals surface area contributed by atoms with Gasteiger partial charge in [-0.2, -0.15) is 0 Å². The predicted octanol–water partition coefficient (Wildman–Crippen LogP) is 2.85. The number of allylic oxidation sites excluding steroid dienone is 1. The third kappa shape index (κ3) is 4.14. The summed E-state index contributed by atoms with van der Waals surface area (Å²) in [4.78, 5) is 14.1. The summed E-state index contributed by atoms with van der Waals surface area (Å²) >= 11 is 0. The van der Waals surface area contributed by atoms with Crippen molar-refractivity contribution < 1.29 is 14.3 Å². The van der Waals surface area contributed by atoms with Gasteiger partial charge in [-0.15, -0.1) is 0 Å². The number of piperidine rings is 1. The quantitative estimate of drug-likeness (QED) is 0.870. The van der Waals surface area contributed by atoms with E-state index in [9.17, 15) is 14.3 Å². The molecular formula is C17H22FNO2. The highest BCUT2D eigenvalue weighted by Gasteiger charge is 2.25. The number of nitrogens with zero attached hydrogens (tertiary/aromatic N) is 1. The van der Waals surface area contributed by atoms with Crippen LogP contribution in [0.25, 0.3) is 5.57 Å². The molecule has 2 rings (SSSR count). The fourth-order valence-electron chi connectivity index (χ4n) is 2.70. The van der Waals surface area contributed by atoms with Gasteiger partial charge in [0.15, 0.2) is 0 Å². The van der Waals surface area contributed by atoms with Crippen LogP contribution in [0.4, 0.5) is 4.39 Å². The molecule has 1 aliphatic rings. The molecule has 1 heterocycles. The van der Waals surface area contributed by atoms with Crippen LogP contribution in [0.2, 0.25) is 0 Å². The lowest BCUT2D eigenvalue weighted by molar-refractivity contribution is -0.128. The van der Waals surface area contributed by atoms with E-state index in [1.807, 2.05) is 6.92 Å². The Labute approximate surface area is 125 Å². The molecule has 0 bridgehead atoms. The van der Waals surface area contributed by atoms with Crippen LogP contribution < -0.4 is 0 Å². The number of rotatable bonds is 3. The SMILES string of the molecule is CC(=CC(=O)N1CCCC(C(C)O)C1)c1cccc(F)c1. The average Bonchev–Trinajstić information content (AvgIpc) is 2.47. The van der Waals surface area contributed by atoms with Crippen LogP contribution in [0, 0.1) is 11.7 Å². The largest absolute Gasteiger partial charge is 0.393 e. The zero-order chi connectivity index (χ0) is 15.4. The minimum Gasteiger partial charge on any atom is -0.393 e. The molecule has 1 saturated heterocycles. The van der Waals surface area contributed by atoms with Crippen LogP contribution in [0.1, 0.15) is 32.3 Å². The lowest BCUT2D eigenvalue weighted by atomic mass is 9.93. The number of carbonyl (C=O) groups excluding carboxylic acids is 1. The zero-order valence-corrected chi connectivity index (χ0v) is 12.6. The second kappa shape index (κ2) is 6.85. The highest BCUT2D eigenvalue weighted by Crippen LogP contribution is 2.21. The first kappa shape index (κ1) is 15.7. The molecule has 1 aromatic carbocycles. The molecule has 0 aromatic heterocycles. The summed E-state index contributed by atoms with van der Waals surface area (Å²) in [5, 5.41) is 9.67. The van der Waals surface area contributed by atoms with Crippen LogP contribution in [0.15, 0.2) is 30.3 Å². The van der Waals surface area contributed by atoms with E-state index in [4.69, 9.17) is 0 Å². The fraction of sp³-hybridized carbons (Fsp3) is 0.471. The highest BCUT2D eigenvalue weighted by molar-refractivity contribution is 5.94. The van der Waals surface area contributed by atoms with Gasteiger partial charge >= 0.3 is 0 Å². The molecule has 1 aromatic rings. The molecule has 0 aliphatic carbocycles. The summed E-state index contributed by atoms with van der Waals surface area (Å²) in [6.45, 7) is 4.88. The van der Waals surface area contributed by atoms with E-state index in [0.717, 1.165) is 25.0 Å². The Kier molecular flexibility index (Phi) is 5.12. The maximum Gasteiger partial charge on any atom is 0.246 e. The maximum absolute atomic E-state index is 13.2. The molecule has 1 amide bonds. The highest BCUT2D eigenvalue weighted by atomic mass is 19.1. The molecule has 1 fully saturated rings. The molecule has 114 valence electrons. The van der Waals surface area contributed by atoms with Crippen molar-refractivity contribution in [2.75, 3.05) is 13.1 Å². The Morgan fingerprint density at radius 2 is 2.29 bits per heavy atom. The molecule has 4 heteroatoms. The number of aliphatic hydroxyl groups excluding tert-OH is 1. The van der Waals surface area contributed by atoms with E-state index >= 15 is 0 Å². The van der Waals surface area contributed by atoms with Crippen molar-refractivity contribution in [3.05, 3.63) is 41.7 Å². The number of amides is 1. The van der Waals surface area contributed by atoms with Crippen molar-refractivity contribution in [3.8, 4) is 0 Å². The Morgan fingerprint density at radius 1 is 1.52 bits per heavy atom. The van der Waals surface area contributed by atoms with Gasteiger partial charge in [-0.3, -0.25) is 4.79 Å². The van der Waals surface area contributed by atoms with E-state index < -0.39 is 6.10 Å². The summed E-state index contributed by atoms with van der Waals surface area (Å²) < 4.78 is 13.2. The van der Waals surface area contributed by atoms with Gasteiger partial charge in [-0.1, -0.05) is 12.1 Å². The number of hydrogen-bond acceptors (Lipinski definition) is 2. The molecule has 21 heavy (non-hydrogen) atoms. The Hall–Kier alpha value is -1.68. The van der Waals surface area contributed by atoms with Gasteiger partial charge in [0.2, 0.25) is 5.91 Å². The van der Waals surface area contributed by atoms with Gasteiger partial charge in [0.25, 0.3) is 0 Å². The van der Waals surface area contributed by atoms with E-state index in [0.29, 0.717) is 12.1 Å². The molecule has 2 atom stereocenters. The summed E-state index contributed by atoms with van der Waals surface area (Å²) in [5.41, 5.74) is 1.46. The van der Waals surface area contributed by atoms with E-state index in [-0.39, 0.29) is 17.6 Å². The van der Waals surface area contributed by atoms with Gasteiger partial charge in [-0.25, -0.2) is 4.39 Å². The molecule has 0 saturated carbocycles. The van der Waals surface area contributed by atoms with Gasteiger partial charge in [0.1, 0.15) is 5.82 Å². The lowest BCUT2D eigenvalue weighted by Gasteiger charge is -2.33. The van der Waals surface area contributed by atoms with Crippen LogP contribution in [-0.4, -0.2) is 35.1 Å². The van der Waals surface area contributed by atoms with E-state index in [1.54, 1.807) is 30.0 Å². The summed E-state index contributed by atoms with van der Waals surface area (Å²) in [5.74, 6) is -0.229. The number of halogens is 1. The molecule has 1 aliphatic heterocycles. The Morgan fingerprint density at radius 3 is 2.95 bits per heavy atom. The first-order chi connectivity index (χ1) is 9.97. The Balaban J connectivity index is 2.07. The average molecular weight is 291 g/mol. The second-order valence-electron chi connectivity index (χ2n) is 5.76. The van der Waals surface area contributed by atoms with Crippen molar-refractivity contribution >= 4 is 11.5 Å². The van der Waals surface area contributed by atoms with Gasteiger partial charge in [-0.05, 0) is 50.0 Å². The minimum atomic E-state index is -0.395. The third-order valence-corrected chi connectivity index (χ3v) is 4.07. The van der Waals surface area contributed by atoms with E-state index in [1.165, 1.54) is 12.1 Å². The monoisotopic (exact) mass is 291 g/mol. The third-order valence-electron chi connectivity index (χ3n) is 4.07. The lowest BCUT2D eigenvalue weighted by Crippen LogP contribution is -2.42. The first-order valence-corrected chi connectivity index (χ1v) is 7.38. The summed E-state index contributed by atoms with van der Waals surface area (Å²) in [6.07, 6.45) is 3.02. The summed E-state index contributed by atoms with van der Waals surface area (Å²) in [7, 11) is 0. The van der Waals surface area contributed by atoms with Gasteiger partial charge < -0.3 is 10.0 Å². The zero-order valence-electron chi connectivity index (χ0n) is 12.6. The number of likely N-dealkylation sites (tertiary alicyclic amines) is 1.